The summed E-state index contributed by atoms with van der Waals surface area (Å²) in [4.78, 5) is 29.4. The molecular formula is C25H27N5O3S. The molecule has 0 bridgehead atoms. The molecule has 0 saturated heterocycles. The summed E-state index contributed by atoms with van der Waals surface area (Å²) in [6.45, 7) is 1.13. The molecule has 1 N–H and O–H groups in total. The maximum Gasteiger partial charge on any atom is 0.248 e. The first-order chi connectivity index (χ1) is 16.7. The Kier molecular flexibility index (Phi) is 8.00. The number of carbonyl (C=O) groups excluding carboxylic acids is 2. The first kappa shape index (κ1) is 23.6. The maximum atomic E-state index is 13.7. The number of amides is 2. The summed E-state index contributed by atoms with van der Waals surface area (Å²) in [5.74, 6) is -0.434. The van der Waals surface area contributed by atoms with Crippen molar-refractivity contribution >= 4 is 34.2 Å². The number of fused-ring (bicyclic) bond motifs is 1. The van der Waals surface area contributed by atoms with Crippen molar-refractivity contribution in [2.24, 2.45) is 0 Å². The molecule has 4 rings (SSSR count). The third-order valence-corrected chi connectivity index (χ3v) is 6.41. The van der Waals surface area contributed by atoms with Gasteiger partial charge in [0.15, 0.2) is 0 Å². The number of hydrogen-bond acceptors (Lipinski definition) is 6. The zero-order chi connectivity index (χ0) is 23.8. The largest absolute Gasteiger partial charge is 0.383 e. The fourth-order valence-electron chi connectivity index (χ4n) is 3.79. The third kappa shape index (κ3) is 5.67. The molecule has 1 atom stereocenters. The highest BCUT2D eigenvalue weighted by Gasteiger charge is 2.32. The van der Waals surface area contributed by atoms with E-state index < -0.39 is 6.04 Å². The third-order valence-electron chi connectivity index (χ3n) is 5.49. The Morgan fingerprint density at radius 2 is 1.88 bits per heavy atom. The number of benzene rings is 2. The number of hydrogen-bond donors (Lipinski definition) is 1. The van der Waals surface area contributed by atoms with Gasteiger partial charge in [-0.2, -0.15) is 0 Å². The number of thiophene rings is 1. The van der Waals surface area contributed by atoms with Crippen molar-refractivity contribution < 1.29 is 14.3 Å². The lowest BCUT2D eigenvalue weighted by Gasteiger charge is -2.30. The molecule has 0 fully saturated rings. The van der Waals surface area contributed by atoms with Crippen LogP contribution in [0.25, 0.3) is 11.0 Å². The van der Waals surface area contributed by atoms with Gasteiger partial charge < -0.3 is 15.0 Å². The van der Waals surface area contributed by atoms with Crippen LogP contribution in [0.4, 0.5) is 0 Å². The van der Waals surface area contributed by atoms with Crippen LogP contribution in [0.3, 0.4) is 0 Å². The molecule has 34 heavy (non-hydrogen) atoms. The molecule has 0 radical (unpaired) electrons. The Balaban J connectivity index is 1.63. The Bertz CT molecular complexity index is 1210. The van der Waals surface area contributed by atoms with Crippen LogP contribution in [0, 0.1) is 0 Å². The summed E-state index contributed by atoms with van der Waals surface area (Å²) in [5, 5.41) is 13.1. The highest BCUT2D eigenvalue weighted by Crippen LogP contribution is 2.27. The quantitative estimate of drug-likeness (QED) is 0.336. The zero-order valence-corrected chi connectivity index (χ0v) is 19.8. The van der Waals surface area contributed by atoms with E-state index in [1.54, 1.807) is 16.7 Å². The summed E-state index contributed by atoms with van der Waals surface area (Å²) in [6.07, 6.45) is 0.623. The van der Waals surface area contributed by atoms with Gasteiger partial charge in [0, 0.05) is 25.1 Å². The van der Waals surface area contributed by atoms with E-state index in [1.165, 1.54) is 11.3 Å². The second-order valence-electron chi connectivity index (χ2n) is 7.76. The van der Waals surface area contributed by atoms with Gasteiger partial charge in [0.2, 0.25) is 11.8 Å². The number of rotatable bonds is 11. The average Bonchev–Trinajstić information content (AvgIpc) is 3.53. The predicted molar refractivity (Wildman–Crippen MR) is 131 cm³/mol. The second kappa shape index (κ2) is 11.5. The Labute approximate surface area is 202 Å². The number of aromatic nitrogens is 3. The van der Waals surface area contributed by atoms with Crippen molar-refractivity contribution in [1.29, 1.82) is 0 Å². The molecule has 2 aromatic heterocycles. The zero-order valence-electron chi connectivity index (χ0n) is 19.0. The number of para-hydroxylation sites is 1. The molecule has 2 amide bonds. The number of ether oxygens (including phenoxy) is 1. The van der Waals surface area contributed by atoms with Crippen molar-refractivity contribution in [1.82, 2.24) is 25.2 Å². The van der Waals surface area contributed by atoms with Gasteiger partial charge in [0.05, 0.1) is 12.1 Å². The molecule has 0 aliphatic carbocycles. The smallest absolute Gasteiger partial charge is 0.248 e. The summed E-state index contributed by atoms with van der Waals surface area (Å²) in [7, 11) is 1.58. The molecule has 0 unspecified atom stereocenters. The van der Waals surface area contributed by atoms with E-state index in [0.717, 1.165) is 21.5 Å². The normalized spacial score (nSPS) is 11.9. The van der Waals surface area contributed by atoms with E-state index in [-0.39, 0.29) is 18.4 Å². The molecule has 4 aromatic rings. The van der Waals surface area contributed by atoms with Crippen LogP contribution < -0.4 is 5.32 Å². The maximum absolute atomic E-state index is 13.7. The van der Waals surface area contributed by atoms with E-state index in [9.17, 15) is 9.59 Å². The molecular weight excluding hydrogens is 450 g/mol. The van der Waals surface area contributed by atoms with Crippen LogP contribution in [0.1, 0.15) is 16.5 Å². The Morgan fingerprint density at radius 1 is 1.09 bits per heavy atom. The number of nitrogens with zero attached hydrogens (tertiary/aromatic N) is 4. The van der Waals surface area contributed by atoms with Gasteiger partial charge in [-0.05, 0) is 35.6 Å². The van der Waals surface area contributed by atoms with Crippen molar-refractivity contribution in [2.45, 2.75) is 19.0 Å². The van der Waals surface area contributed by atoms with E-state index in [1.807, 2.05) is 72.1 Å². The monoisotopic (exact) mass is 477 g/mol. The first-order valence-corrected chi connectivity index (χ1v) is 12.0. The molecule has 0 spiro atoms. The summed E-state index contributed by atoms with van der Waals surface area (Å²) >= 11 is 1.46. The molecule has 2 aromatic carbocycles. The molecule has 0 aliphatic heterocycles. The second-order valence-corrected chi connectivity index (χ2v) is 8.74. The topological polar surface area (TPSA) is 89.4 Å². The lowest BCUT2D eigenvalue weighted by atomic mass is 10.1. The van der Waals surface area contributed by atoms with Gasteiger partial charge >= 0.3 is 0 Å². The molecule has 8 nitrogen and oxygen atoms in total. The Hall–Kier alpha value is -3.56. The number of carbonyl (C=O) groups is 2. The van der Waals surface area contributed by atoms with Crippen LogP contribution in [-0.2, 0) is 27.3 Å². The van der Waals surface area contributed by atoms with Gasteiger partial charge in [-0.25, -0.2) is 4.68 Å². The lowest BCUT2D eigenvalue weighted by molar-refractivity contribution is -0.141. The van der Waals surface area contributed by atoms with Crippen LogP contribution in [0.2, 0.25) is 0 Å². The van der Waals surface area contributed by atoms with Crippen molar-refractivity contribution in [2.75, 3.05) is 26.8 Å². The summed E-state index contributed by atoms with van der Waals surface area (Å²) in [6, 6.07) is 20.5. The molecule has 176 valence electrons. The SMILES string of the molecule is COCCNC(=O)[C@H](c1cccs1)N(CCc1ccccc1)C(=O)Cn1nnc2ccccc21. The van der Waals surface area contributed by atoms with E-state index in [2.05, 4.69) is 15.6 Å². The fraction of sp³-hybridized carbons (Fsp3) is 0.280. The molecule has 0 saturated carbocycles. The number of nitrogens with one attached hydrogen (secondary N) is 1. The lowest BCUT2D eigenvalue weighted by Crippen LogP contribution is -2.46. The minimum absolute atomic E-state index is 0.0114. The molecule has 2 heterocycles. The highest BCUT2D eigenvalue weighted by molar-refractivity contribution is 7.10. The predicted octanol–water partition coefficient (Wildman–Crippen LogP) is 3.07. The van der Waals surface area contributed by atoms with Gasteiger partial charge in [0.1, 0.15) is 18.1 Å². The molecule has 9 heteroatoms. The van der Waals surface area contributed by atoms with Gasteiger partial charge in [-0.1, -0.05) is 53.7 Å². The van der Waals surface area contributed by atoms with Crippen LogP contribution in [-0.4, -0.2) is 58.5 Å². The van der Waals surface area contributed by atoms with Gasteiger partial charge in [-0.3, -0.25) is 9.59 Å². The van der Waals surface area contributed by atoms with Crippen molar-refractivity contribution in [3.8, 4) is 0 Å². The van der Waals surface area contributed by atoms with E-state index >= 15 is 0 Å². The van der Waals surface area contributed by atoms with Gasteiger partial charge in [-0.15, -0.1) is 16.4 Å². The van der Waals surface area contributed by atoms with Crippen molar-refractivity contribution in [3.63, 3.8) is 0 Å². The minimum atomic E-state index is -0.747. The van der Waals surface area contributed by atoms with Crippen LogP contribution in [0.5, 0.6) is 0 Å². The van der Waals surface area contributed by atoms with Crippen LogP contribution in [0.15, 0.2) is 72.1 Å². The van der Waals surface area contributed by atoms with Crippen molar-refractivity contribution in [3.05, 3.63) is 82.6 Å². The number of methoxy groups -OCH3 is 1. The van der Waals surface area contributed by atoms with E-state index in [0.29, 0.717) is 26.1 Å². The molecule has 0 aliphatic rings. The summed E-state index contributed by atoms with van der Waals surface area (Å²) < 4.78 is 6.66. The average molecular weight is 478 g/mol. The van der Waals surface area contributed by atoms with Crippen LogP contribution >= 0.6 is 11.3 Å². The first-order valence-electron chi connectivity index (χ1n) is 11.1. The fourth-order valence-corrected chi connectivity index (χ4v) is 4.62. The minimum Gasteiger partial charge on any atom is -0.383 e. The Morgan fingerprint density at radius 3 is 2.65 bits per heavy atom. The van der Waals surface area contributed by atoms with E-state index in [4.69, 9.17) is 4.74 Å². The summed E-state index contributed by atoms with van der Waals surface area (Å²) in [5.41, 5.74) is 2.59. The highest BCUT2D eigenvalue weighted by atomic mass is 32.1. The van der Waals surface area contributed by atoms with Gasteiger partial charge in [0.25, 0.3) is 0 Å². The standard InChI is InChI=1S/C25H27N5O3S/c1-33-16-14-26-25(32)24(22-12-7-17-34-22)29(15-13-19-8-3-2-4-9-19)23(31)18-30-21-11-6-5-10-20(21)27-28-30/h2-12,17,24H,13-16,18H2,1H3,(H,26,32)/t24-/m0/s1.